The molecule has 0 amide bonds. The number of hydrogen-bond donors (Lipinski definition) is 1. The minimum absolute atomic E-state index is 0.0372. The number of ether oxygens (including phenoxy) is 1. The molecule has 0 radical (unpaired) electrons. The van der Waals surface area contributed by atoms with Crippen molar-refractivity contribution in [2.45, 2.75) is 52.0 Å². The van der Waals surface area contributed by atoms with Gasteiger partial charge < -0.3 is 4.74 Å². The van der Waals surface area contributed by atoms with E-state index in [1.807, 2.05) is 39.0 Å². The zero-order valence-electron chi connectivity index (χ0n) is 17.3. The molecule has 2 aromatic rings. The van der Waals surface area contributed by atoms with Crippen LogP contribution in [0.15, 0.2) is 53.0 Å². The van der Waals surface area contributed by atoms with Gasteiger partial charge in [0, 0.05) is 16.5 Å². The highest BCUT2D eigenvalue weighted by Crippen LogP contribution is 2.33. The van der Waals surface area contributed by atoms with Crippen LogP contribution in [0.4, 0.5) is 5.69 Å². The number of halogens is 1. The van der Waals surface area contributed by atoms with Gasteiger partial charge in [0.1, 0.15) is 6.04 Å². The quantitative estimate of drug-likeness (QED) is 0.317. The number of nitrogens with zero attached hydrogens (tertiary/aromatic N) is 1. The number of para-hydroxylation sites is 1. The smallest absolute Gasteiger partial charge is 0.305 e. The number of ketones is 1. The van der Waals surface area contributed by atoms with Gasteiger partial charge in [-0.25, -0.2) is 5.06 Å². The van der Waals surface area contributed by atoms with E-state index in [4.69, 9.17) is 4.74 Å². The van der Waals surface area contributed by atoms with Crippen LogP contribution in [0, 0.1) is 0 Å². The highest BCUT2D eigenvalue weighted by atomic mass is 79.9. The highest BCUT2D eigenvalue weighted by Gasteiger charge is 2.30. The van der Waals surface area contributed by atoms with E-state index >= 15 is 0 Å². The molecule has 0 saturated carbocycles. The highest BCUT2D eigenvalue weighted by molar-refractivity contribution is 9.10. The largest absolute Gasteiger partial charge is 0.466 e. The first-order valence-corrected chi connectivity index (χ1v) is 10.5. The van der Waals surface area contributed by atoms with E-state index in [9.17, 15) is 14.8 Å². The molecule has 0 aliphatic heterocycles. The molecular weight excluding hydrogens is 434 g/mol. The lowest BCUT2D eigenvalue weighted by atomic mass is 9.85. The van der Waals surface area contributed by atoms with Crippen LogP contribution < -0.4 is 5.06 Å². The molecule has 0 heterocycles. The molecule has 0 unspecified atom stereocenters. The van der Waals surface area contributed by atoms with Gasteiger partial charge in [-0.3, -0.25) is 14.8 Å². The third-order valence-corrected chi connectivity index (χ3v) is 5.14. The normalized spacial score (nSPS) is 12.3. The van der Waals surface area contributed by atoms with Crippen LogP contribution in [0.5, 0.6) is 0 Å². The SMILES string of the molecule is CCOC(=O)CC[C@@H](C(=O)c1ccc(Br)cc1)N(O)c1ccccc1C(C)(C)C. The fourth-order valence-electron chi connectivity index (χ4n) is 3.13. The average molecular weight is 462 g/mol. The summed E-state index contributed by atoms with van der Waals surface area (Å²) in [6.45, 7) is 8.15. The van der Waals surface area contributed by atoms with E-state index in [1.54, 1.807) is 37.3 Å². The van der Waals surface area contributed by atoms with E-state index < -0.39 is 12.0 Å². The first kappa shape index (κ1) is 23.1. The summed E-state index contributed by atoms with van der Waals surface area (Å²) in [5, 5.41) is 12.1. The van der Waals surface area contributed by atoms with Crippen molar-refractivity contribution in [3.63, 3.8) is 0 Å². The maximum absolute atomic E-state index is 13.2. The number of carbonyl (C=O) groups is 2. The number of hydroxylamine groups is 1. The first-order valence-electron chi connectivity index (χ1n) is 9.68. The zero-order chi connectivity index (χ0) is 21.6. The van der Waals surface area contributed by atoms with Crippen molar-refractivity contribution in [2.24, 2.45) is 0 Å². The lowest BCUT2D eigenvalue weighted by molar-refractivity contribution is -0.143. The van der Waals surface area contributed by atoms with E-state index in [0.29, 0.717) is 11.3 Å². The van der Waals surface area contributed by atoms with Crippen LogP contribution in [0.2, 0.25) is 0 Å². The monoisotopic (exact) mass is 461 g/mol. The van der Waals surface area contributed by atoms with Crippen molar-refractivity contribution < 1.29 is 19.5 Å². The molecule has 0 spiro atoms. The summed E-state index contributed by atoms with van der Waals surface area (Å²) in [6.07, 6.45) is 0.179. The molecule has 0 bridgehead atoms. The van der Waals surface area contributed by atoms with Gasteiger partial charge in [0.25, 0.3) is 0 Å². The molecule has 0 fully saturated rings. The molecular formula is C23H28BrNO4. The Kier molecular flexibility index (Phi) is 7.99. The minimum atomic E-state index is -0.913. The Bertz CT molecular complexity index is 843. The molecule has 0 saturated heterocycles. The second-order valence-corrected chi connectivity index (χ2v) is 8.76. The Hall–Kier alpha value is -2.18. The van der Waals surface area contributed by atoms with Gasteiger partial charge in [0.05, 0.1) is 12.3 Å². The second kappa shape index (κ2) is 10.0. The Morgan fingerprint density at radius 2 is 1.72 bits per heavy atom. The predicted octanol–water partition coefficient (Wildman–Crippen LogP) is 5.54. The van der Waals surface area contributed by atoms with Gasteiger partial charge in [-0.1, -0.05) is 67.0 Å². The summed E-state index contributed by atoms with van der Waals surface area (Å²) in [4.78, 5) is 25.1. The van der Waals surface area contributed by atoms with Crippen LogP contribution in [-0.4, -0.2) is 29.6 Å². The van der Waals surface area contributed by atoms with E-state index in [1.165, 1.54) is 0 Å². The lowest BCUT2D eigenvalue weighted by Crippen LogP contribution is -2.41. The molecule has 156 valence electrons. The van der Waals surface area contributed by atoms with Crippen LogP contribution in [0.3, 0.4) is 0 Å². The van der Waals surface area contributed by atoms with Crippen molar-refractivity contribution in [2.75, 3.05) is 11.7 Å². The molecule has 0 aromatic heterocycles. The Balaban J connectivity index is 2.40. The zero-order valence-corrected chi connectivity index (χ0v) is 18.9. The first-order chi connectivity index (χ1) is 13.6. The molecule has 2 rings (SSSR count). The summed E-state index contributed by atoms with van der Waals surface area (Å²) < 4.78 is 5.86. The molecule has 1 atom stereocenters. The van der Waals surface area contributed by atoms with Crippen molar-refractivity contribution >= 4 is 33.4 Å². The fraction of sp³-hybridized carbons (Fsp3) is 0.391. The topological polar surface area (TPSA) is 66.8 Å². The van der Waals surface area contributed by atoms with Gasteiger partial charge in [0.2, 0.25) is 0 Å². The molecule has 6 heteroatoms. The third-order valence-electron chi connectivity index (χ3n) is 4.61. The van der Waals surface area contributed by atoms with Crippen molar-refractivity contribution in [3.05, 3.63) is 64.1 Å². The Morgan fingerprint density at radius 1 is 1.10 bits per heavy atom. The number of anilines is 1. The molecule has 0 aliphatic rings. The molecule has 0 aliphatic carbocycles. The van der Waals surface area contributed by atoms with Crippen molar-refractivity contribution in [3.8, 4) is 0 Å². The van der Waals surface area contributed by atoms with E-state index in [0.717, 1.165) is 15.1 Å². The Morgan fingerprint density at radius 3 is 2.31 bits per heavy atom. The summed E-state index contributed by atoms with van der Waals surface area (Å²) >= 11 is 3.36. The van der Waals surface area contributed by atoms with Crippen LogP contribution >= 0.6 is 15.9 Å². The average Bonchev–Trinajstić information content (AvgIpc) is 2.68. The standard InChI is InChI=1S/C23H28BrNO4/c1-5-29-21(26)15-14-20(22(27)16-10-12-17(24)13-11-16)25(28)19-9-7-6-8-18(19)23(2,3)4/h6-13,20,28H,5,14-15H2,1-4H3/t20-/m0/s1. The Labute approximate surface area is 180 Å². The number of Topliss-reactive ketones (excluding diaryl/α,β-unsaturated/α-hetero) is 1. The maximum atomic E-state index is 13.2. The van der Waals surface area contributed by atoms with Crippen molar-refractivity contribution in [1.29, 1.82) is 0 Å². The summed E-state index contributed by atoms with van der Waals surface area (Å²) in [5.74, 6) is -0.647. The van der Waals surface area contributed by atoms with Gasteiger partial charge in [-0.15, -0.1) is 0 Å². The number of carbonyl (C=O) groups excluding carboxylic acids is 2. The summed E-state index contributed by atoms with van der Waals surface area (Å²) in [7, 11) is 0. The van der Waals surface area contributed by atoms with E-state index in [2.05, 4.69) is 15.9 Å². The van der Waals surface area contributed by atoms with Gasteiger partial charge >= 0.3 is 5.97 Å². The third kappa shape index (κ3) is 6.15. The predicted molar refractivity (Wildman–Crippen MR) is 118 cm³/mol. The van der Waals surface area contributed by atoms with Crippen molar-refractivity contribution in [1.82, 2.24) is 0 Å². The van der Waals surface area contributed by atoms with Crippen LogP contribution in [0.1, 0.15) is 56.5 Å². The van der Waals surface area contributed by atoms with Gasteiger partial charge in [-0.05, 0) is 42.5 Å². The molecule has 29 heavy (non-hydrogen) atoms. The van der Waals surface area contributed by atoms with Crippen LogP contribution in [0.25, 0.3) is 0 Å². The molecule has 5 nitrogen and oxygen atoms in total. The minimum Gasteiger partial charge on any atom is -0.466 e. The lowest BCUT2D eigenvalue weighted by Gasteiger charge is -2.32. The number of esters is 1. The number of benzene rings is 2. The van der Waals surface area contributed by atoms with Gasteiger partial charge in [0.15, 0.2) is 5.78 Å². The molecule has 2 aromatic carbocycles. The number of hydrogen-bond acceptors (Lipinski definition) is 5. The summed E-state index contributed by atoms with van der Waals surface area (Å²) in [6, 6.07) is 13.5. The van der Waals surface area contributed by atoms with E-state index in [-0.39, 0.29) is 30.6 Å². The molecule has 1 N–H and O–H groups in total. The fourth-order valence-corrected chi connectivity index (χ4v) is 3.40. The maximum Gasteiger partial charge on any atom is 0.305 e. The summed E-state index contributed by atoms with van der Waals surface area (Å²) in [5.41, 5.74) is 1.70. The van der Waals surface area contributed by atoms with Crippen LogP contribution in [-0.2, 0) is 14.9 Å². The second-order valence-electron chi connectivity index (χ2n) is 7.84. The number of rotatable bonds is 8. The van der Waals surface area contributed by atoms with Gasteiger partial charge in [-0.2, -0.15) is 0 Å².